The molecule has 1 aliphatic heterocycles. The highest BCUT2D eigenvalue weighted by Gasteiger charge is 2.37. The van der Waals surface area contributed by atoms with E-state index in [4.69, 9.17) is 16.3 Å². The van der Waals surface area contributed by atoms with E-state index in [2.05, 4.69) is 21.2 Å². The largest absolute Gasteiger partial charge is 0.455 e. The molecular formula is C22H22BrClN2O4. The maximum Gasteiger partial charge on any atom is 0.311 e. The normalized spacial score (nSPS) is 16.0. The van der Waals surface area contributed by atoms with Crippen molar-refractivity contribution in [2.24, 2.45) is 5.92 Å². The summed E-state index contributed by atoms with van der Waals surface area (Å²) in [5, 5.41) is 3.15. The molecule has 1 saturated heterocycles. The van der Waals surface area contributed by atoms with Crippen LogP contribution in [0.25, 0.3) is 0 Å². The van der Waals surface area contributed by atoms with Gasteiger partial charge >= 0.3 is 5.97 Å². The number of nitrogens with one attached hydrogen (secondary N) is 1. The molecule has 0 saturated carbocycles. The monoisotopic (exact) mass is 492 g/mol. The molecule has 3 rings (SSSR count). The molecule has 8 heteroatoms. The van der Waals surface area contributed by atoms with Gasteiger partial charge in [0.25, 0.3) is 5.91 Å². The molecule has 30 heavy (non-hydrogen) atoms. The maximum absolute atomic E-state index is 12.5. The van der Waals surface area contributed by atoms with E-state index >= 15 is 0 Å². The topological polar surface area (TPSA) is 75.7 Å². The Kier molecular flexibility index (Phi) is 6.83. The maximum atomic E-state index is 12.5. The van der Waals surface area contributed by atoms with Crippen LogP contribution >= 0.6 is 27.5 Å². The Hall–Kier alpha value is -2.38. The first-order valence-electron chi connectivity index (χ1n) is 9.46. The molecule has 0 radical (unpaired) electrons. The van der Waals surface area contributed by atoms with Crippen molar-refractivity contribution in [1.82, 2.24) is 0 Å². The lowest BCUT2D eigenvalue weighted by atomic mass is 10.1. The van der Waals surface area contributed by atoms with Crippen molar-refractivity contribution in [3.05, 3.63) is 56.5 Å². The molecule has 158 valence electrons. The van der Waals surface area contributed by atoms with Gasteiger partial charge in [-0.25, -0.2) is 0 Å². The summed E-state index contributed by atoms with van der Waals surface area (Å²) in [6.45, 7) is 5.51. The number of esters is 1. The highest BCUT2D eigenvalue weighted by molar-refractivity contribution is 9.10. The number of anilines is 2. The zero-order chi connectivity index (χ0) is 22.0. The van der Waals surface area contributed by atoms with Gasteiger partial charge in [-0.1, -0.05) is 29.8 Å². The molecule has 1 heterocycles. The van der Waals surface area contributed by atoms with Crippen molar-refractivity contribution < 1.29 is 19.1 Å². The SMILES string of the molecule is Cc1cc(Br)c(Cl)cc1NC(=O)COC(=O)[C@H]1CC(=O)N(c2c(C)cccc2C)C1. The summed E-state index contributed by atoms with van der Waals surface area (Å²) in [6.07, 6.45) is 0.0651. The van der Waals surface area contributed by atoms with Gasteiger partial charge in [0.05, 0.1) is 10.9 Å². The predicted octanol–water partition coefficient (Wildman–Crippen LogP) is 4.56. The quantitative estimate of drug-likeness (QED) is 0.620. The third-order valence-electron chi connectivity index (χ3n) is 5.05. The number of ether oxygens (including phenoxy) is 1. The predicted molar refractivity (Wildman–Crippen MR) is 120 cm³/mol. The van der Waals surface area contributed by atoms with Crippen molar-refractivity contribution in [1.29, 1.82) is 0 Å². The first-order chi connectivity index (χ1) is 14.2. The van der Waals surface area contributed by atoms with Gasteiger partial charge in [-0.2, -0.15) is 0 Å². The zero-order valence-corrected chi connectivity index (χ0v) is 19.3. The van der Waals surface area contributed by atoms with Crippen molar-refractivity contribution in [2.75, 3.05) is 23.4 Å². The molecule has 2 amide bonds. The minimum atomic E-state index is -0.604. The molecule has 0 aromatic heterocycles. The number of hydrogen-bond donors (Lipinski definition) is 1. The molecular weight excluding hydrogens is 472 g/mol. The van der Waals surface area contributed by atoms with Crippen molar-refractivity contribution >= 4 is 56.7 Å². The molecule has 0 aliphatic carbocycles. The van der Waals surface area contributed by atoms with Crippen LogP contribution in [0.1, 0.15) is 23.1 Å². The van der Waals surface area contributed by atoms with Gasteiger partial charge in [0, 0.05) is 28.8 Å². The van der Waals surface area contributed by atoms with Crippen molar-refractivity contribution in [3.8, 4) is 0 Å². The number of nitrogens with zero attached hydrogens (tertiary/aromatic N) is 1. The lowest BCUT2D eigenvalue weighted by Gasteiger charge is -2.21. The second kappa shape index (κ2) is 9.18. The second-order valence-corrected chi connectivity index (χ2v) is 8.64. The number of carbonyl (C=O) groups excluding carboxylic acids is 3. The smallest absolute Gasteiger partial charge is 0.311 e. The minimum Gasteiger partial charge on any atom is -0.455 e. The highest BCUT2D eigenvalue weighted by Crippen LogP contribution is 2.31. The number of aryl methyl sites for hydroxylation is 3. The van der Waals surface area contributed by atoms with Gasteiger partial charge in [-0.3, -0.25) is 14.4 Å². The van der Waals surface area contributed by atoms with E-state index < -0.39 is 24.4 Å². The Bertz CT molecular complexity index is 1000. The Labute approximate surface area is 188 Å². The standard InChI is InChI=1S/C22H22BrClN2O4/c1-12-5-4-6-13(2)21(12)26-10-15(8-20(26)28)22(29)30-11-19(27)25-18-9-17(24)16(23)7-14(18)3/h4-7,9,15H,8,10-11H2,1-3H3,(H,25,27)/t15-/m0/s1. The van der Waals surface area contributed by atoms with Gasteiger partial charge < -0.3 is 15.0 Å². The van der Waals surface area contributed by atoms with E-state index in [0.29, 0.717) is 10.7 Å². The molecule has 0 unspecified atom stereocenters. The lowest BCUT2D eigenvalue weighted by Crippen LogP contribution is -2.29. The molecule has 2 aromatic rings. The average Bonchev–Trinajstić information content (AvgIpc) is 3.05. The van der Waals surface area contributed by atoms with E-state index in [0.717, 1.165) is 26.9 Å². The fourth-order valence-corrected chi connectivity index (χ4v) is 4.16. The van der Waals surface area contributed by atoms with Crippen LogP contribution in [0.4, 0.5) is 11.4 Å². The number of rotatable bonds is 5. The van der Waals surface area contributed by atoms with Gasteiger partial charge in [0.15, 0.2) is 6.61 Å². The van der Waals surface area contributed by atoms with E-state index in [1.54, 1.807) is 17.0 Å². The highest BCUT2D eigenvalue weighted by atomic mass is 79.9. The summed E-state index contributed by atoms with van der Waals surface area (Å²) in [4.78, 5) is 38.8. The fourth-order valence-electron chi connectivity index (χ4n) is 3.53. The number of para-hydroxylation sites is 1. The summed E-state index contributed by atoms with van der Waals surface area (Å²) < 4.78 is 5.90. The van der Waals surface area contributed by atoms with Gasteiger partial charge in [0.2, 0.25) is 5.91 Å². The second-order valence-electron chi connectivity index (χ2n) is 7.38. The summed E-state index contributed by atoms with van der Waals surface area (Å²) in [6, 6.07) is 9.21. The van der Waals surface area contributed by atoms with Crippen LogP contribution < -0.4 is 10.2 Å². The van der Waals surface area contributed by atoms with Crippen molar-refractivity contribution in [2.45, 2.75) is 27.2 Å². The zero-order valence-electron chi connectivity index (χ0n) is 16.9. The molecule has 0 spiro atoms. The van der Waals surface area contributed by atoms with Crippen LogP contribution in [-0.2, 0) is 19.1 Å². The number of amides is 2. The molecule has 1 N–H and O–H groups in total. The van der Waals surface area contributed by atoms with Gasteiger partial charge in [0.1, 0.15) is 0 Å². The summed E-state index contributed by atoms with van der Waals surface area (Å²) >= 11 is 9.39. The summed E-state index contributed by atoms with van der Waals surface area (Å²) in [5.74, 6) is -1.76. The van der Waals surface area contributed by atoms with Gasteiger partial charge in [-0.05, 0) is 65.5 Å². The van der Waals surface area contributed by atoms with Gasteiger partial charge in [-0.15, -0.1) is 0 Å². The molecule has 6 nitrogen and oxygen atoms in total. The molecule has 0 bridgehead atoms. The fraction of sp³-hybridized carbons (Fsp3) is 0.318. The Balaban J connectivity index is 1.59. The number of carbonyl (C=O) groups is 3. The van der Waals surface area contributed by atoms with Crippen LogP contribution in [0.3, 0.4) is 0 Å². The molecule has 1 aliphatic rings. The van der Waals surface area contributed by atoms with E-state index in [-0.39, 0.29) is 18.9 Å². The van der Waals surface area contributed by atoms with E-state index in [1.165, 1.54) is 0 Å². The Morgan fingerprint density at radius 3 is 2.53 bits per heavy atom. The average molecular weight is 494 g/mol. The number of hydrogen-bond acceptors (Lipinski definition) is 4. The minimum absolute atomic E-state index is 0.0651. The van der Waals surface area contributed by atoms with Crippen LogP contribution in [0, 0.1) is 26.7 Å². The number of halogens is 2. The van der Waals surface area contributed by atoms with E-state index in [1.807, 2.05) is 39.0 Å². The van der Waals surface area contributed by atoms with E-state index in [9.17, 15) is 14.4 Å². The summed E-state index contributed by atoms with van der Waals surface area (Å²) in [5.41, 5.74) is 4.14. The first kappa shape index (κ1) is 22.3. The molecule has 1 fully saturated rings. The Morgan fingerprint density at radius 1 is 1.20 bits per heavy atom. The Morgan fingerprint density at radius 2 is 1.87 bits per heavy atom. The number of benzene rings is 2. The molecule has 1 atom stereocenters. The third-order valence-corrected chi connectivity index (χ3v) is 6.25. The van der Waals surface area contributed by atoms with Crippen LogP contribution in [0.5, 0.6) is 0 Å². The lowest BCUT2D eigenvalue weighted by molar-refractivity contribution is -0.151. The van der Waals surface area contributed by atoms with Crippen molar-refractivity contribution in [3.63, 3.8) is 0 Å². The molecule has 2 aromatic carbocycles. The first-order valence-corrected chi connectivity index (χ1v) is 10.6. The summed E-state index contributed by atoms with van der Waals surface area (Å²) in [7, 11) is 0. The van der Waals surface area contributed by atoms with Crippen LogP contribution in [0.15, 0.2) is 34.8 Å². The third kappa shape index (κ3) is 4.84. The van der Waals surface area contributed by atoms with Crippen LogP contribution in [0.2, 0.25) is 5.02 Å². The van der Waals surface area contributed by atoms with Crippen LogP contribution in [-0.4, -0.2) is 30.9 Å².